The van der Waals surface area contributed by atoms with Gasteiger partial charge in [-0.25, -0.2) is 13.2 Å². The zero-order chi connectivity index (χ0) is 22.2. The summed E-state index contributed by atoms with van der Waals surface area (Å²) >= 11 is 6.42. The van der Waals surface area contributed by atoms with Crippen LogP contribution in [0.4, 0.5) is 0 Å². The van der Waals surface area contributed by atoms with Crippen molar-refractivity contribution in [3.8, 4) is 0 Å². The predicted molar refractivity (Wildman–Crippen MR) is 115 cm³/mol. The van der Waals surface area contributed by atoms with E-state index in [-0.39, 0.29) is 29.8 Å². The number of hydrogen-bond donors (Lipinski definition) is 0. The Kier molecular flexibility index (Phi) is 6.68. The molecule has 0 saturated carbocycles. The van der Waals surface area contributed by atoms with Crippen molar-refractivity contribution in [3.63, 3.8) is 0 Å². The van der Waals surface area contributed by atoms with Crippen molar-refractivity contribution in [2.45, 2.75) is 62.7 Å². The third-order valence-electron chi connectivity index (χ3n) is 5.47. The molecule has 1 fully saturated rings. The molecule has 1 heterocycles. The lowest BCUT2D eigenvalue weighted by molar-refractivity contribution is -0.143. The number of hydrogen-bond acceptors (Lipinski definition) is 6. The first-order valence-electron chi connectivity index (χ1n) is 10.2. The molecule has 1 unspecified atom stereocenters. The zero-order valence-electron chi connectivity index (χ0n) is 17.9. The molecule has 1 atom stereocenters. The van der Waals surface area contributed by atoms with E-state index in [4.69, 9.17) is 25.8 Å². The van der Waals surface area contributed by atoms with E-state index in [2.05, 4.69) is 20.8 Å². The number of carbonyl (C=O) groups is 1. The number of rotatable bonds is 5. The van der Waals surface area contributed by atoms with Crippen LogP contribution in [0.5, 0.6) is 0 Å². The van der Waals surface area contributed by atoms with Crippen LogP contribution in [-0.2, 0) is 40.0 Å². The predicted octanol–water partition coefficient (Wildman–Crippen LogP) is 3.95. The van der Waals surface area contributed by atoms with Crippen molar-refractivity contribution in [2.24, 2.45) is 0 Å². The number of sulfone groups is 1. The zero-order valence-corrected chi connectivity index (χ0v) is 19.4. The lowest BCUT2D eigenvalue weighted by atomic mass is 9.87. The number of esters is 1. The molecule has 1 aromatic rings. The number of halogens is 1. The van der Waals surface area contributed by atoms with E-state index in [9.17, 15) is 13.2 Å². The topological polar surface area (TPSA) is 78.9 Å². The SMILES string of the molecule is CCOC(=O)C1=CC2(CCC1S(=O)(=O)Cc1ccc(C(C)(C)C)cc1Cl)OCCO2. The van der Waals surface area contributed by atoms with E-state index >= 15 is 0 Å². The Morgan fingerprint density at radius 3 is 2.50 bits per heavy atom. The fourth-order valence-corrected chi connectivity index (χ4v) is 6.06. The highest BCUT2D eigenvalue weighted by atomic mass is 35.5. The molecule has 166 valence electrons. The molecule has 1 aliphatic heterocycles. The minimum Gasteiger partial charge on any atom is -0.463 e. The van der Waals surface area contributed by atoms with Gasteiger partial charge in [0.15, 0.2) is 15.6 Å². The molecule has 0 N–H and O–H groups in total. The second-order valence-corrected chi connectivity index (χ2v) is 11.3. The summed E-state index contributed by atoms with van der Waals surface area (Å²) in [5, 5.41) is -0.587. The average Bonchev–Trinajstić information content (AvgIpc) is 3.10. The van der Waals surface area contributed by atoms with Crippen LogP contribution in [0.3, 0.4) is 0 Å². The highest BCUT2D eigenvalue weighted by Crippen LogP contribution is 2.38. The van der Waals surface area contributed by atoms with Gasteiger partial charge in [-0.2, -0.15) is 0 Å². The van der Waals surface area contributed by atoms with Crippen molar-refractivity contribution in [2.75, 3.05) is 19.8 Å². The van der Waals surface area contributed by atoms with Crippen LogP contribution in [-0.4, -0.2) is 45.2 Å². The van der Waals surface area contributed by atoms with Gasteiger partial charge in [0.2, 0.25) is 0 Å². The number of benzene rings is 1. The Bertz CT molecular complexity index is 939. The average molecular weight is 457 g/mol. The van der Waals surface area contributed by atoms with Crippen LogP contribution in [0.1, 0.15) is 51.7 Å². The maximum Gasteiger partial charge on any atom is 0.335 e. The molecule has 1 aromatic carbocycles. The van der Waals surface area contributed by atoms with E-state index in [1.807, 2.05) is 12.1 Å². The third-order valence-corrected chi connectivity index (χ3v) is 7.90. The van der Waals surface area contributed by atoms with Gasteiger partial charge >= 0.3 is 5.97 Å². The summed E-state index contributed by atoms with van der Waals surface area (Å²) in [5.74, 6) is -1.95. The maximum atomic E-state index is 13.3. The van der Waals surface area contributed by atoms with E-state index in [0.717, 1.165) is 5.56 Å². The van der Waals surface area contributed by atoms with Crippen molar-refractivity contribution < 1.29 is 27.4 Å². The molecule has 0 amide bonds. The largest absolute Gasteiger partial charge is 0.463 e. The monoisotopic (exact) mass is 456 g/mol. The molecule has 0 aromatic heterocycles. The summed E-state index contributed by atoms with van der Waals surface area (Å²) in [6, 6.07) is 5.46. The quantitative estimate of drug-likeness (QED) is 0.624. The molecule has 1 saturated heterocycles. The highest BCUT2D eigenvalue weighted by molar-refractivity contribution is 7.91. The van der Waals surface area contributed by atoms with Gasteiger partial charge < -0.3 is 14.2 Å². The van der Waals surface area contributed by atoms with Gasteiger partial charge in [-0.3, -0.25) is 0 Å². The first-order chi connectivity index (χ1) is 14.0. The summed E-state index contributed by atoms with van der Waals surface area (Å²) in [4.78, 5) is 12.6. The van der Waals surface area contributed by atoms with E-state index in [0.29, 0.717) is 30.2 Å². The van der Waals surface area contributed by atoms with Gasteiger partial charge in [0.1, 0.15) is 0 Å². The Morgan fingerprint density at radius 1 is 1.27 bits per heavy atom. The summed E-state index contributed by atoms with van der Waals surface area (Å²) in [6.07, 6.45) is 2.06. The first kappa shape index (κ1) is 23.3. The lowest BCUT2D eigenvalue weighted by Gasteiger charge is -2.33. The molecular weight excluding hydrogens is 428 g/mol. The molecule has 30 heavy (non-hydrogen) atoms. The van der Waals surface area contributed by atoms with Gasteiger partial charge in [-0.15, -0.1) is 0 Å². The lowest BCUT2D eigenvalue weighted by Crippen LogP contribution is -2.40. The number of ether oxygens (including phenoxy) is 3. The van der Waals surface area contributed by atoms with Gasteiger partial charge in [0.25, 0.3) is 0 Å². The van der Waals surface area contributed by atoms with Crippen LogP contribution in [0.25, 0.3) is 0 Å². The summed E-state index contributed by atoms with van der Waals surface area (Å²) in [7, 11) is -3.73. The first-order valence-corrected chi connectivity index (χ1v) is 12.2. The molecule has 1 aliphatic carbocycles. The van der Waals surface area contributed by atoms with Crippen molar-refractivity contribution in [3.05, 3.63) is 46.0 Å². The van der Waals surface area contributed by atoms with Crippen LogP contribution in [0.15, 0.2) is 29.8 Å². The standard InChI is InChI=1S/C22H29ClO6S/c1-5-27-20(24)17-13-22(28-10-11-29-22)9-8-19(17)30(25,26)14-15-6-7-16(12-18(15)23)21(2,3)4/h6-7,12-13,19H,5,8-11,14H2,1-4H3. The summed E-state index contributed by atoms with van der Waals surface area (Å²) < 4.78 is 43.1. The molecule has 2 aliphatic rings. The fraction of sp³-hybridized carbons (Fsp3) is 0.591. The molecule has 1 spiro atoms. The third kappa shape index (κ3) is 4.90. The van der Waals surface area contributed by atoms with Crippen molar-refractivity contribution in [1.82, 2.24) is 0 Å². The van der Waals surface area contributed by atoms with Crippen LogP contribution >= 0.6 is 11.6 Å². The molecule has 6 nitrogen and oxygen atoms in total. The maximum absolute atomic E-state index is 13.3. The molecule has 3 rings (SSSR count). The number of carbonyl (C=O) groups excluding carboxylic acids is 1. The smallest absolute Gasteiger partial charge is 0.335 e. The van der Waals surface area contributed by atoms with E-state index in [1.165, 1.54) is 6.08 Å². The highest BCUT2D eigenvalue weighted by Gasteiger charge is 2.46. The summed E-state index contributed by atoms with van der Waals surface area (Å²) in [6.45, 7) is 8.83. The van der Waals surface area contributed by atoms with Crippen molar-refractivity contribution >= 4 is 27.4 Å². The second-order valence-electron chi connectivity index (χ2n) is 8.72. The fourth-order valence-electron chi connectivity index (χ4n) is 3.81. The molecule has 0 radical (unpaired) electrons. The Balaban J connectivity index is 1.91. The normalized spacial score (nSPS) is 21.5. The van der Waals surface area contributed by atoms with Crippen molar-refractivity contribution in [1.29, 1.82) is 0 Å². The van der Waals surface area contributed by atoms with Crippen LogP contribution in [0, 0.1) is 0 Å². The van der Waals surface area contributed by atoms with Crippen LogP contribution in [0.2, 0.25) is 5.02 Å². The second kappa shape index (κ2) is 8.61. The molecular formula is C22H29ClO6S. The van der Waals surface area contributed by atoms with E-state index < -0.39 is 26.8 Å². The Hall–Kier alpha value is -1.41. The van der Waals surface area contributed by atoms with Gasteiger partial charge in [0.05, 0.1) is 36.4 Å². The van der Waals surface area contributed by atoms with Gasteiger partial charge in [-0.05, 0) is 42.0 Å². The molecule has 0 bridgehead atoms. The minimum absolute atomic E-state index is 0.0763. The van der Waals surface area contributed by atoms with E-state index in [1.54, 1.807) is 13.0 Å². The Labute approximate surface area is 183 Å². The van der Waals surface area contributed by atoms with Crippen LogP contribution < -0.4 is 0 Å². The van der Waals surface area contributed by atoms with Gasteiger partial charge in [0, 0.05) is 11.4 Å². The Morgan fingerprint density at radius 2 is 1.93 bits per heavy atom. The molecule has 8 heteroatoms. The minimum atomic E-state index is -3.73. The summed E-state index contributed by atoms with van der Waals surface area (Å²) in [5.41, 5.74) is 1.52. The van der Waals surface area contributed by atoms with Gasteiger partial charge in [-0.1, -0.05) is 44.5 Å².